The predicted octanol–water partition coefficient (Wildman–Crippen LogP) is 0.900. The highest BCUT2D eigenvalue weighted by atomic mass is 16.4. The van der Waals surface area contributed by atoms with Crippen molar-refractivity contribution in [3.63, 3.8) is 0 Å². The number of hydrogen-bond acceptors (Lipinski definition) is 3. The molecule has 0 saturated heterocycles. The van der Waals surface area contributed by atoms with Crippen molar-refractivity contribution in [2.45, 2.75) is 39.7 Å². The molecule has 0 aliphatic carbocycles. The van der Waals surface area contributed by atoms with Crippen LogP contribution in [0.4, 0.5) is 4.79 Å². The minimum Gasteiger partial charge on any atom is -0.481 e. The molecule has 0 rings (SSSR count). The first kappa shape index (κ1) is 16.7. The second-order valence-corrected chi connectivity index (χ2v) is 4.62. The van der Waals surface area contributed by atoms with Gasteiger partial charge in [0.15, 0.2) is 0 Å². The molecular weight excluding hydrogens is 236 g/mol. The summed E-state index contributed by atoms with van der Waals surface area (Å²) in [6, 6.07) is -0.197. The molecule has 0 radical (unpaired) electrons. The molecule has 0 aromatic rings. The number of carboxylic acid groups (broad SMARTS) is 1. The number of nitrogens with one attached hydrogen (secondary N) is 1. The Morgan fingerprint density at radius 2 is 1.89 bits per heavy atom. The van der Waals surface area contributed by atoms with Crippen LogP contribution < -0.4 is 5.32 Å². The van der Waals surface area contributed by atoms with Gasteiger partial charge in [0.1, 0.15) is 0 Å². The van der Waals surface area contributed by atoms with Crippen molar-refractivity contribution < 1.29 is 19.8 Å². The van der Waals surface area contributed by atoms with Gasteiger partial charge in [0.2, 0.25) is 0 Å². The summed E-state index contributed by atoms with van der Waals surface area (Å²) < 4.78 is 0. The number of rotatable bonds is 8. The summed E-state index contributed by atoms with van der Waals surface area (Å²) in [5.41, 5.74) is 0. The first-order valence-electron chi connectivity index (χ1n) is 6.28. The Morgan fingerprint density at radius 3 is 2.33 bits per heavy atom. The van der Waals surface area contributed by atoms with Crippen molar-refractivity contribution in [1.29, 1.82) is 0 Å². The molecule has 106 valence electrons. The second kappa shape index (κ2) is 8.74. The van der Waals surface area contributed by atoms with Crippen LogP contribution in [0.2, 0.25) is 0 Å². The van der Waals surface area contributed by atoms with Gasteiger partial charge in [-0.15, -0.1) is 0 Å². The number of aliphatic carboxylic acids is 1. The van der Waals surface area contributed by atoms with Crippen LogP contribution in [0.15, 0.2) is 0 Å². The van der Waals surface area contributed by atoms with Gasteiger partial charge in [0.25, 0.3) is 0 Å². The first-order valence-corrected chi connectivity index (χ1v) is 6.28. The number of nitrogens with zero attached hydrogens (tertiary/aromatic N) is 1. The third kappa shape index (κ3) is 6.44. The number of urea groups is 1. The monoisotopic (exact) mass is 260 g/mol. The minimum absolute atomic E-state index is 0.0232. The smallest absolute Gasteiger partial charge is 0.317 e. The van der Waals surface area contributed by atoms with Crippen molar-refractivity contribution in [3.8, 4) is 0 Å². The third-order valence-electron chi connectivity index (χ3n) is 2.74. The van der Waals surface area contributed by atoms with Gasteiger partial charge in [-0.3, -0.25) is 4.79 Å². The summed E-state index contributed by atoms with van der Waals surface area (Å²) in [5.74, 6) is -1.20. The molecule has 0 aromatic heterocycles. The van der Waals surface area contributed by atoms with Gasteiger partial charge in [0.05, 0.1) is 12.5 Å². The fraction of sp³-hybridized carbons (Fsp3) is 0.833. The second-order valence-electron chi connectivity index (χ2n) is 4.62. The molecule has 0 aromatic carbocycles. The van der Waals surface area contributed by atoms with Crippen molar-refractivity contribution in [1.82, 2.24) is 10.2 Å². The van der Waals surface area contributed by atoms with Crippen LogP contribution in [0, 0.1) is 5.92 Å². The minimum atomic E-state index is -0.814. The predicted molar refractivity (Wildman–Crippen MR) is 68.4 cm³/mol. The van der Waals surface area contributed by atoms with E-state index in [0.717, 1.165) is 0 Å². The lowest BCUT2D eigenvalue weighted by Gasteiger charge is -2.26. The zero-order valence-electron chi connectivity index (χ0n) is 11.3. The highest BCUT2D eigenvalue weighted by Gasteiger charge is 2.16. The van der Waals surface area contributed by atoms with E-state index in [9.17, 15) is 9.59 Å². The van der Waals surface area contributed by atoms with Gasteiger partial charge >= 0.3 is 12.0 Å². The van der Waals surface area contributed by atoms with Crippen LogP contribution in [0.25, 0.3) is 0 Å². The lowest BCUT2D eigenvalue weighted by Crippen LogP contribution is -2.45. The maximum atomic E-state index is 11.7. The highest BCUT2D eigenvalue weighted by molar-refractivity contribution is 5.74. The summed E-state index contributed by atoms with van der Waals surface area (Å²) in [6.07, 6.45) is 1.17. The molecule has 2 amide bonds. The molecular formula is C12H24N2O4. The number of carboxylic acids is 1. The average molecular weight is 260 g/mol. The molecule has 1 unspecified atom stereocenters. The van der Waals surface area contributed by atoms with Crippen molar-refractivity contribution >= 4 is 12.0 Å². The Bertz CT molecular complexity index is 269. The van der Waals surface area contributed by atoms with E-state index in [0.29, 0.717) is 25.9 Å². The molecule has 0 heterocycles. The number of amides is 2. The normalized spacial score (nSPS) is 12.3. The zero-order valence-corrected chi connectivity index (χ0v) is 11.3. The number of carbonyl (C=O) groups excluding carboxylic acids is 1. The number of aliphatic hydroxyl groups is 1. The maximum absolute atomic E-state index is 11.7. The molecule has 0 saturated carbocycles. The first-order chi connectivity index (χ1) is 8.40. The van der Waals surface area contributed by atoms with Crippen LogP contribution in [0.3, 0.4) is 0 Å². The SMILES string of the molecule is CC(CCCNC(=O)N(CCO)C(C)C)C(=O)O. The molecule has 6 heteroatoms. The number of aliphatic hydroxyl groups excluding tert-OH is 1. The van der Waals surface area contributed by atoms with Gasteiger partial charge in [0, 0.05) is 19.1 Å². The van der Waals surface area contributed by atoms with Crippen LogP contribution in [-0.2, 0) is 4.79 Å². The topological polar surface area (TPSA) is 89.9 Å². The van der Waals surface area contributed by atoms with Gasteiger partial charge in [-0.25, -0.2) is 4.79 Å². The summed E-state index contributed by atoms with van der Waals surface area (Å²) in [4.78, 5) is 23.9. The molecule has 1 atom stereocenters. The largest absolute Gasteiger partial charge is 0.481 e. The van der Waals surface area contributed by atoms with E-state index in [1.54, 1.807) is 11.8 Å². The Balaban J connectivity index is 3.91. The summed E-state index contributed by atoms with van der Waals surface area (Å²) >= 11 is 0. The summed E-state index contributed by atoms with van der Waals surface area (Å²) in [7, 11) is 0. The lowest BCUT2D eigenvalue weighted by molar-refractivity contribution is -0.141. The zero-order chi connectivity index (χ0) is 14.1. The average Bonchev–Trinajstić information content (AvgIpc) is 2.30. The van der Waals surface area contributed by atoms with Gasteiger partial charge < -0.3 is 20.4 Å². The fourth-order valence-corrected chi connectivity index (χ4v) is 1.53. The third-order valence-corrected chi connectivity index (χ3v) is 2.74. The van der Waals surface area contributed by atoms with Gasteiger partial charge in [-0.1, -0.05) is 6.92 Å². The van der Waals surface area contributed by atoms with Crippen molar-refractivity contribution in [3.05, 3.63) is 0 Å². The molecule has 6 nitrogen and oxygen atoms in total. The Kier molecular flexibility index (Phi) is 8.11. The Morgan fingerprint density at radius 1 is 1.28 bits per heavy atom. The van der Waals surface area contributed by atoms with Gasteiger partial charge in [-0.05, 0) is 26.7 Å². The van der Waals surface area contributed by atoms with Gasteiger partial charge in [-0.2, -0.15) is 0 Å². The van der Waals surface area contributed by atoms with E-state index in [1.807, 2.05) is 13.8 Å². The van der Waals surface area contributed by atoms with E-state index in [2.05, 4.69) is 5.32 Å². The quantitative estimate of drug-likeness (QED) is 0.566. The fourth-order valence-electron chi connectivity index (χ4n) is 1.53. The number of carbonyl (C=O) groups is 2. The molecule has 0 bridgehead atoms. The summed E-state index contributed by atoms with van der Waals surface area (Å²) in [5, 5.41) is 20.3. The number of hydrogen-bond donors (Lipinski definition) is 3. The molecule has 0 spiro atoms. The van der Waals surface area contributed by atoms with E-state index in [4.69, 9.17) is 10.2 Å². The van der Waals surface area contributed by atoms with Crippen molar-refractivity contribution in [2.24, 2.45) is 5.92 Å². The maximum Gasteiger partial charge on any atom is 0.317 e. The molecule has 0 aliphatic heterocycles. The molecule has 3 N–H and O–H groups in total. The van der Waals surface area contributed by atoms with E-state index < -0.39 is 5.97 Å². The van der Waals surface area contributed by atoms with Crippen LogP contribution in [0.5, 0.6) is 0 Å². The molecule has 0 aliphatic rings. The Labute approximate surface area is 108 Å². The van der Waals surface area contributed by atoms with Crippen LogP contribution >= 0.6 is 0 Å². The van der Waals surface area contributed by atoms with E-state index in [1.165, 1.54) is 0 Å². The van der Waals surface area contributed by atoms with Crippen molar-refractivity contribution in [2.75, 3.05) is 19.7 Å². The molecule has 18 heavy (non-hydrogen) atoms. The van der Waals surface area contributed by atoms with Crippen LogP contribution in [-0.4, -0.2) is 52.9 Å². The lowest BCUT2D eigenvalue weighted by atomic mass is 10.1. The van der Waals surface area contributed by atoms with E-state index >= 15 is 0 Å². The highest BCUT2D eigenvalue weighted by Crippen LogP contribution is 2.04. The molecule has 0 fully saturated rings. The van der Waals surface area contributed by atoms with E-state index in [-0.39, 0.29) is 24.6 Å². The Hall–Kier alpha value is -1.30. The summed E-state index contributed by atoms with van der Waals surface area (Å²) in [6.45, 7) is 6.08. The standard InChI is InChI=1S/C12H24N2O4/c1-9(2)14(7-8-15)12(18)13-6-4-5-10(3)11(16)17/h9-10,15H,4-8H2,1-3H3,(H,13,18)(H,16,17). The van der Waals surface area contributed by atoms with Crippen LogP contribution in [0.1, 0.15) is 33.6 Å².